The Morgan fingerprint density at radius 1 is 0.679 bits per heavy atom. The Kier molecular flexibility index (Phi) is 10.6. The molecule has 8 nitrogen and oxygen atoms in total. The van der Waals surface area contributed by atoms with Gasteiger partial charge in [0.25, 0.3) is 0 Å². The van der Waals surface area contributed by atoms with Crippen molar-refractivity contribution >= 4 is 45.7 Å². The normalized spacial score (nSPS) is 21.9. The standard InChI is InChI=1S/C47H50N6O2S/c1-32-50-40(31-56-32)28-45(54)52-24-8-12-43(52)41-26-38(29-48-41)35-18-14-33(15-19-35)34-16-20-36(21-17-34)39-27-42(49-30-39)44-13-9-25-53(44)47(55)46(37-10-4-2-5-11-37)51-22-6-3-7-23-51/h2,4-5,10-11,14-21,29-31,43-44,46H,3,6-9,12-13,22-28H2,1H3/t43-,44-,46+/m0/s1. The maximum Gasteiger partial charge on any atom is 0.245 e. The first-order valence-electron chi connectivity index (χ1n) is 20.5. The molecule has 9 heteroatoms. The first-order chi connectivity index (χ1) is 27.5. The molecule has 2 amide bonds. The highest BCUT2D eigenvalue weighted by Gasteiger charge is 2.40. The number of benzene rings is 3. The lowest BCUT2D eigenvalue weighted by molar-refractivity contribution is -0.137. The van der Waals surface area contributed by atoms with Crippen LogP contribution in [0.5, 0.6) is 0 Å². The van der Waals surface area contributed by atoms with Gasteiger partial charge in [0.1, 0.15) is 6.04 Å². The molecular weight excluding hydrogens is 713 g/mol. The Morgan fingerprint density at radius 3 is 1.80 bits per heavy atom. The molecule has 3 fully saturated rings. The van der Waals surface area contributed by atoms with Gasteiger partial charge in [0.15, 0.2) is 0 Å². The SMILES string of the molecule is Cc1nc(CC(=O)N2CCC[C@H]2C2=NC=C(c3ccc(-c4ccc(C5=CN=C([C@@H]6CCCN6C(=O)[C@@H](c6ccccc6)N6CCCCC6)C5)cc4)cc3)C2)cs1. The Hall–Kier alpha value is -4.99. The average molecular weight is 763 g/mol. The molecule has 56 heavy (non-hydrogen) atoms. The molecule has 0 aliphatic carbocycles. The van der Waals surface area contributed by atoms with Gasteiger partial charge in [0.05, 0.1) is 29.2 Å². The van der Waals surface area contributed by atoms with Crippen molar-refractivity contribution in [1.29, 1.82) is 0 Å². The van der Waals surface area contributed by atoms with E-state index < -0.39 is 0 Å². The summed E-state index contributed by atoms with van der Waals surface area (Å²) < 4.78 is 0. The number of aliphatic imine (C=N–C) groups is 2. The minimum Gasteiger partial charge on any atom is -0.334 e. The number of rotatable bonds is 10. The fourth-order valence-corrected chi connectivity index (χ4v) is 10.0. The number of aromatic nitrogens is 1. The fourth-order valence-electron chi connectivity index (χ4n) is 9.42. The van der Waals surface area contributed by atoms with Crippen molar-refractivity contribution in [2.24, 2.45) is 9.98 Å². The molecule has 0 spiro atoms. The largest absolute Gasteiger partial charge is 0.334 e. The number of carbonyl (C=O) groups is 2. The molecule has 9 rings (SSSR count). The zero-order chi connectivity index (χ0) is 38.0. The van der Waals surface area contributed by atoms with Crippen LogP contribution in [0.4, 0.5) is 0 Å². The summed E-state index contributed by atoms with van der Waals surface area (Å²) in [5, 5.41) is 2.99. The van der Waals surface area contributed by atoms with E-state index in [2.05, 4.69) is 87.6 Å². The number of carbonyl (C=O) groups excluding carboxylic acids is 2. The van der Waals surface area contributed by atoms with Crippen LogP contribution in [0.2, 0.25) is 0 Å². The summed E-state index contributed by atoms with van der Waals surface area (Å²) >= 11 is 1.59. The van der Waals surface area contributed by atoms with Crippen LogP contribution in [0, 0.1) is 6.92 Å². The van der Waals surface area contributed by atoms with E-state index in [1.807, 2.05) is 35.7 Å². The lowest BCUT2D eigenvalue weighted by Crippen LogP contribution is -2.48. The van der Waals surface area contributed by atoms with Crippen LogP contribution in [0.15, 0.2) is 107 Å². The molecule has 1 aromatic heterocycles. The number of amides is 2. The van der Waals surface area contributed by atoms with E-state index in [0.29, 0.717) is 6.42 Å². The lowest BCUT2D eigenvalue weighted by atomic mass is 9.94. The first-order valence-corrected chi connectivity index (χ1v) is 21.4. The number of thiazole rings is 1. The molecule has 5 aliphatic heterocycles. The van der Waals surface area contributed by atoms with Crippen LogP contribution >= 0.6 is 11.3 Å². The van der Waals surface area contributed by atoms with Gasteiger partial charge in [0.2, 0.25) is 11.8 Å². The Morgan fingerprint density at radius 2 is 1.23 bits per heavy atom. The fraction of sp³-hybridized carbons (Fsp3) is 0.383. The van der Waals surface area contributed by atoms with Crippen molar-refractivity contribution in [3.63, 3.8) is 0 Å². The van der Waals surface area contributed by atoms with Crippen molar-refractivity contribution in [1.82, 2.24) is 19.7 Å². The molecule has 5 aliphatic rings. The second-order valence-corrected chi connectivity index (χ2v) is 17.0. The maximum absolute atomic E-state index is 14.4. The Balaban J connectivity index is 0.806. The van der Waals surface area contributed by atoms with Gasteiger partial charge in [0, 0.05) is 55.1 Å². The van der Waals surface area contributed by atoms with E-state index in [1.165, 1.54) is 39.8 Å². The number of piperidine rings is 1. The van der Waals surface area contributed by atoms with Crippen LogP contribution in [0.1, 0.15) is 91.2 Å². The summed E-state index contributed by atoms with van der Waals surface area (Å²) in [5.41, 5.74) is 11.3. The van der Waals surface area contributed by atoms with E-state index >= 15 is 0 Å². The van der Waals surface area contributed by atoms with Crippen LogP contribution in [-0.4, -0.2) is 81.2 Å². The van der Waals surface area contributed by atoms with Gasteiger partial charge in [-0.25, -0.2) is 4.98 Å². The quantitative estimate of drug-likeness (QED) is 0.162. The molecular formula is C47H50N6O2S. The number of aryl methyl sites for hydroxylation is 1. The molecule has 3 atom stereocenters. The zero-order valence-electron chi connectivity index (χ0n) is 32.3. The van der Waals surface area contributed by atoms with Crippen molar-refractivity contribution < 1.29 is 9.59 Å². The summed E-state index contributed by atoms with van der Waals surface area (Å²) in [6, 6.07) is 27.9. The average Bonchev–Trinajstić information content (AvgIpc) is 4.09. The third-order valence-corrected chi connectivity index (χ3v) is 13.2. The van der Waals surface area contributed by atoms with E-state index in [9.17, 15) is 9.59 Å². The van der Waals surface area contributed by atoms with Crippen molar-refractivity contribution in [2.75, 3.05) is 26.2 Å². The van der Waals surface area contributed by atoms with E-state index in [0.717, 1.165) is 105 Å². The second kappa shape index (κ2) is 16.2. The molecule has 3 aromatic carbocycles. The van der Waals surface area contributed by atoms with Gasteiger partial charge in [-0.2, -0.15) is 0 Å². The van der Waals surface area contributed by atoms with Crippen LogP contribution in [0.25, 0.3) is 22.3 Å². The first kappa shape index (κ1) is 36.6. The van der Waals surface area contributed by atoms with E-state index in [-0.39, 0.29) is 29.9 Å². The molecule has 4 aromatic rings. The summed E-state index contributed by atoms with van der Waals surface area (Å²) in [6.45, 7) is 5.51. The number of likely N-dealkylation sites (tertiary alicyclic amines) is 3. The van der Waals surface area contributed by atoms with E-state index in [4.69, 9.17) is 9.98 Å². The molecule has 0 N–H and O–H groups in total. The topological polar surface area (TPSA) is 81.5 Å². The highest BCUT2D eigenvalue weighted by atomic mass is 32.1. The van der Waals surface area contributed by atoms with Crippen LogP contribution in [-0.2, 0) is 16.0 Å². The van der Waals surface area contributed by atoms with Gasteiger partial charge < -0.3 is 9.80 Å². The number of hydrogen-bond donors (Lipinski definition) is 0. The monoisotopic (exact) mass is 762 g/mol. The zero-order valence-corrected chi connectivity index (χ0v) is 33.1. The third kappa shape index (κ3) is 7.59. The summed E-state index contributed by atoms with van der Waals surface area (Å²) in [6.07, 6.45) is 13.4. The van der Waals surface area contributed by atoms with Crippen molar-refractivity contribution in [3.8, 4) is 11.1 Å². The molecule has 0 unspecified atom stereocenters. The second-order valence-electron chi connectivity index (χ2n) is 15.9. The number of hydrogen-bond acceptors (Lipinski definition) is 7. The molecule has 0 saturated carbocycles. The van der Waals surface area contributed by atoms with Gasteiger partial charge in [-0.05, 0) is 97.5 Å². The number of allylic oxidation sites excluding steroid dienone is 2. The van der Waals surface area contributed by atoms with Gasteiger partial charge in [-0.3, -0.25) is 24.5 Å². The molecule has 0 radical (unpaired) electrons. The highest BCUT2D eigenvalue weighted by molar-refractivity contribution is 7.09. The Bertz CT molecular complexity index is 2200. The summed E-state index contributed by atoms with van der Waals surface area (Å²) in [5.74, 6) is 0.379. The number of nitrogens with zero attached hydrogens (tertiary/aromatic N) is 6. The van der Waals surface area contributed by atoms with Gasteiger partial charge in [-0.1, -0.05) is 85.3 Å². The third-order valence-electron chi connectivity index (χ3n) is 12.3. The Labute approximate surface area is 334 Å². The minimum atomic E-state index is -0.224. The molecule has 286 valence electrons. The van der Waals surface area contributed by atoms with Gasteiger partial charge >= 0.3 is 0 Å². The molecule has 0 bridgehead atoms. The summed E-state index contributed by atoms with van der Waals surface area (Å²) in [4.78, 5) is 48.5. The van der Waals surface area contributed by atoms with Crippen molar-refractivity contribution in [3.05, 3.63) is 124 Å². The van der Waals surface area contributed by atoms with Crippen molar-refractivity contribution in [2.45, 2.75) is 89.3 Å². The lowest BCUT2D eigenvalue weighted by Gasteiger charge is -2.37. The van der Waals surface area contributed by atoms with Gasteiger partial charge in [-0.15, -0.1) is 11.3 Å². The smallest absolute Gasteiger partial charge is 0.245 e. The predicted octanol–water partition coefficient (Wildman–Crippen LogP) is 8.94. The summed E-state index contributed by atoms with van der Waals surface area (Å²) in [7, 11) is 0. The van der Waals surface area contributed by atoms with E-state index in [1.54, 1.807) is 11.3 Å². The van der Waals surface area contributed by atoms with Crippen LogP contribution < -0.4 is 0 Å². The van der Waals surface area contributed by atoms with Crippen LogP contribution in [0.3, 0.4) is 0 Å². The predicted molar refractivity (Wildman–Crippen MR) is 227 cm³/mol. The maximum atomic E-state index is 14.4. The molecule has 3 saturated heterocycles. The molecule has 6 heterocycles. The highest BCUT2D eigenvalue weighted by Crippen LogP contribution is 2.36. The minimum absolute atomic E-state index is 0.0550.